The summed E-state index contributed by atoms with van der Waals surface area (Å²) in [4.78, 5) is 12.1. The Morgan fingerprint density at radius 2 is 2.00 bits per heavy atom. The fourth-order valence-electron chi connectivity index (χ4n) is 1.94. The molecule has 0 aliphatic rings. The quantitative estimate of drug-likeness (QED) is 0.766. The molecule has 0 heterocycles. The molecule has 0 radical (unpaired) electrons. The molecule has 2 aromatic rings. The van der Waals surface area contributed by atoms with E-state index < -0.39 is 11.7 Å². The summed E-state index contributed by atoms with van der Waals surface area (Å²) < 4.78 is 43.5. The number of methoxy groups -OCH3 is 1. The number of alkyl halides is 3. The summed E-state index contributed by atoms with van der Waals surface area (Å²) in [5, 5.41) is 2.59. The highest BCUT2D eigenvalue weighted by molar-refractivity contribution is 9.10. The molecular formula is C18H13BrF3NO2. The van der Waals surface area contributed by atoms with Crippen molar-refractivity contribution >= 4 is 21.8 Å². The number of ether oxygens (including phenoxy) is 1. The second kappa shape index (κ2) is 8.08. The van der Waals surface area contributed by atoms with E-state index in [-0.39, 0.29) is 18.0 Å². The normalized spacial score (nSPS) is 10.6. The Labute approximate surface area is 151 Å². The van der Waals surface area contributed by atoms with Crippen LogP contribution >= 0.6 is 15.9 Å². The first-order valence-corrected chi connectivity index (χ1v) is 7.88. The molecular weight excluding hydrogens is 399 g/mol. The Morgan fingerprint density at radius 1 is 1.24 bits per heavy atom. The SMILES string of the molecule is COc1ccc(Br)c(C(=O)NCC#Cc2cccc(C(F)(F)F)c2)c1. The lowest BCUT2D eigenvalue weighted by molar-refractivity contribution is -0.137. The van der Waals surface area contributed by atoms with Gasteiger partial charge in [0.15, 0.2) is 0 Å². The zero-order chi connectivity index (χ0) is 18.4. The number of rotatable bonds is 3. The van der Waals surface area contributed by atoms with Crippen molar-refractivity contribution in [2.75, 3.05) is 13.7 Å². The molecule has 2 rings (SSSR count). The van der Waals surface area contributed by atoms with Crippen LogP contribution in [-0.4, -0.2) is 19.6 Å². The van der Waals surface area contributed by atoms with Gasteiger partial charge in [-0.3, -0.25) is 4.79 Å². The third-order valence-electron chi connectivity index (χ3n) is 3.18. The van der Waals surface area contributed by atoms with Gasteiger partial charge in [-0.25, -0.2) is 0 Å². The molecule has 0 unspecified atom stereocenters. The average molecular weight is 412 g/mol. The number of hydrogen-bond acceptors (Lipinski definition) is 2. The van der Waals surface area contributed by atoms with Crippen molar-refractivity contribution < 1.29 is 22.7 Å². The fourth-order valence-corrected chi connectivity index (χ4v) is 2.37. The Kier molecular flexibility index (Phi) is 6.10. The highest BCUT2D eigenvalue weighted by atomic mass is 79.9. The molecule has 1 N–H and O–H groups in total. The third kappa shape index (κ3) is 5.26. The van der Waals surface area contributed by atoms with Crippen LogP contribution in [0.1, 0.15) is 21.5 Å². The van der Waals surface area contributed by atoms with E-state index in [1.807, 2.05) is 0 Å². The summed E-state index contributed by atoms with van der Waals surface area (Å²) in [5.74, 6) is 5.39. The van der Waals surface area contributed by atoms with Gasteiger partial charge in [0.25, 0.3) is 5.91 Å². The fraction of sp³-hybridized carbons (Fsp3) is 0.167. The number of benzene rings is 2. The molecule has 0 bridgehead atoms. The lowest BCUT2D eigenvalue weighted by Crippen LogP contribution is -2.24. The number of halogens is 4. The zero-order valence-electron chi connectivity index (χ0n) is 13.1. The number of nitrogens with one attached hydrogen (secondary N) is 1. The number of hydrogen-bond donors (Lipinski definition) is 1. The highest BCUT2D eigenvalue weighted by Crippen LogP contribution is 2.29. The lowest BCUT2D eigenvalue weighted by atomic mass is 10.1. The van der Waals surface area contributed by atoms with Crippen LogP contribution in [0.25, 0.3) is 0 Å². The van der Waals surface area contributed by atoms with Gasteiger partial charge in [0.2, 0.25) is 0 Å². The molecule has 0 saturated heterocycles. The van der Waals surface area contributed by atoms with Gasteiger partial charge in [-0.05, 0) is 52.3 Å². The van der Waals surface area contributed by atoms with Crippen molar-refractivity contribution in [3.8, 4) is 17.6 Å². The van der Waals surface area contributed by atoms with Gasteiger partial charge in [0.1, 0.15) is 5.75 Å². The van der Waals surface area contributed by atoms with E-state index in [0.717, 1.165) is 12.1 Å². The minimum Gasteiger partial charge on any atom is -0.497 e. The molecule has 2 aromatic carbocycles. The van der Waals surface area contributed by atoms with Crippen molar-refractivity contribution in [1.29, 1.82) is 0 Å². The summed E-state index contributed by atoms with van der Waals surface area (Å²) in [5.41, 5.74) is -0.157. The predicted molar refractivity (Wildman–Crippen MR) is 91.3 cm³/mol. The first kappa shape index (κ1) is 18.9. The standard InChI is InChI=1S/C18H13BrF3NO2/c1-25-14-7-8-16(19)15(11-14)17(24)23-9-3-5-12-4-2-6-13(10-12)18(20,21)22/h2,4,6-8,10-11H,9H2,1H3,(H,23,24). The molecule has 1 amide bonds. The zero-order valence-corrected chi connectivity index (χ0v) is 14.7. The molecule has 0 atom stereocenters. The third-order valence-corrected chi connectivity index (χ3v) is 3.87. The Bertz CT molecular complexity index is 838. The van der Waals surface area contributed by atoms with Gasteiger partial charge >= 0.3 is 6.18 Å². The molecule has 0 spiro atoms. The van der Waals surface area contributed by atoms with Gasteiger partial charge in [-0.1, -0.05) is 17.9 Å². The maximum atomic E-state index is 12.6. The van der Waals surface area contributed by atoms with E-state index in [1.54, 1.807) is 18.2 Å². The van der Waals surface area contributed by atoms with Crippen molar-refractivity contribution in [1.82, 2.24) is 5.32 Å². The van der Waals surface area contributed by atoms with E-state index in [2.05, 4.69) is 33.1 Å². The number of carbonyl (C=O) groups excluding carboxylic acids is 1. The second-order valence-corrected chi connectivity index (χ2v) is 5.76. The summed E-state index contributed by atoms with van der Waals surface area (Å²) >= 11 is 3.27. The van der Waals surface area contributed by atoms with E-state index >= 15 is 0 Å². The summed E-state index contributed by atoms with van der Waals surface area (Å²) in [6, 6.07) is 9.66. The van der Waals surface area contributed by atoms with Crippen LogP contribution in [0.2, 0.25) is 0 Å². The molecule has 0 fully saturated rings. The summed E-state index contributed by atoms with van der Waals surface area (Å²) in [6.07, 6.45) is -4.41. The first-order valence-electron chi connectivity index (χ1n) is 7.09. The topological polar surface area (TPSA) is 38.3 Å². The van der Waals surface area contributed by atoms with Crippen LogP contribution < -0.4 is 10.1 Å². The second-order valence-electron chi connectivity index (χ2n) is 4.91. The van der Waals surface area contributed by atoms with Gasteiger partial charge in [-0.15, -0.1) is 0 Å². The van der Waals surface area contributed by atoms with Gasteiger partial charge in [0.05, 0.1) is 24.8 Å². The molecule has 0 aliphatic carbocycles. The van der Waals surface area contributed by atoms with Crippen LogP contribution in [0.4, 0.5) is 13.2 Å². The monoisotopic (exact) mass is 411 g/mol. The summed E-state index contributed by atoms with van der Waals surface area (Å²) in [7, 11) is 1.49. The molecule has 0 aliphatic heterocycles. The molecule has 130 valence electrons. The van der Waals surface area contributed by atoms with Crippen molar-refractivity contribution in [3.63, 3.8) is 0 Å². The van der Waals surface area contributed by atoms with Gasteiger partial charge < -0.3 is 10.1 Å². The number of carbonyl (C=O) groups is 1. The highest BCUT2D eigenvalue weighted by Gasteiger charge is 2.30. The lowest BCUT2D eigenvalue weighted by Gasteiger charge is -2.07. The van der Waals surface area contributed by atoms with Crippen molar-refractivity contribution in [2.45, 2.75) is 6.18 Å². The van der Waals surface area contributed by atoms with Crippen LogP contribution in [0.5, 0.6) is 5.75 Å². The Hall–Kier alpha value is -2.46. The number of amides is 1. The van der Waals surface area contributed by atoms with Crippen LogP contribution in [-0.2, 0) is 6.18 Å². The summed E-state index contributed by atoms with van der Waals surface area (Å²) in [6.45, 7) is -0.00126. The first-order chi connectivity index (χ1) is 11.8. The maximum absolute atomic E-state index is 12.6. The van der Waals surface area contributed by atoms with Crippen molar-refractivity contribution in [2.24, 2.45) is 0 Å². The van der Waals surface area contributed by atoms with E-state index in [0.29, 0.717) is 15.8 Å². The molecule has 25 heavy (non-hydrogen) atoms. The van der Waals surface area contributed by atoms with E-state index in [1.165, 1.54) is 19.2 Å². The van der Waals surface area contributed by atoms with Gasteiger partial charge in [0, 0.05) is 10.0 Å². The average Bonchev–Trinajstić information content (AvgIpc) is 2.58. The molecule has 7 heteroatoms. The molecule has 0 aromatic heterocycles. The van der Waals surface area contributed by atoms with Crippen LogP contribution in [0.3, 0.4) is 0 Å². The minimum atomic E-state index is -4.41. The molecule has 3 nitrogen and oxygen atoms in total. The van der Waals surface area contributed by atoms with Gasteiger partial charge in [-0.2, -0.15) is 13.2 Å². The van der Waals surface area contributed by atoms with E-state index in [9.17, 15) is 18.0 Å². The smallest absolute Gasteiger partial charge is 0.416 e. The van der Waals surface area contributed by atoms with E-state index in [4.69, 9.17) is 4.74 Å². The molecule has 0 saturated carbocycles. The Morgan fingerprint density at radius 3 is 2.68 bits per heavy atom. The van der Waals surface area contributed by atoms with Crippen LogP contribution in [0.15, 0.2) is 46.9 Å². The predicted octanol–water partition coefficient (Wildman–Crippen LogP) is 4.26. The van der Waals surface area contributed by atoms with Crippen molar-refractivity contribution in [3.05, 3.63) is 63.6 Å². The minimum absolute atomic E-state index is 0.00126. The Balaban J connectivity index is 2.02. The maximum Gasteiger partial charge on any atom is 0.416 e. The largest absolute Gasteiger partial charge is 0.497 e. The van der Waals surface area contributed by atoms with Crippen LogP contribution in [0, 0.1) is 11.8 Å².